The number of pyridine rings is 1. The van der Waals surface area contributed by atoms with Crippen molar-refractivity contribution in [3.05, 3.63) is 41.2 Å². The third kappa shape index (κ3) is 3.03. The molecule has 1 unspecified atom stereocenters. The van der Waals surface area contributed by atoms with Crippen LogP contribution in [0.4, 0.5) is 5.69 Å². The number of carbonyl (C=O) groups excluding carboxylic acids is 1. The smallest absolute Gasteiger partial charge is 0.254 e. The van der Waals surface area contributed by atoms with Crippen LogP contribution >= 0.6 is 11.6 Å². The molecule has 0 radical (unpaired) electrons. The van der Waals surface area contributed by atoms with Gasteiger partial charge in [-0.1, -0.05) is 18.5 Å². The summed E-state index contributed by atoms with van der Waals surface area (Å²) in [5.41, 5.74) is 6.32. The minimum Gasteiger partial charge on any atom is -0.397 e. The Morgan fingerprint density at radius 3 is 3.00 bits per heavy atom. The van der Waals surface area contributed by atoms with Gasteiger partial charge in [-0.05, 0) is 12.5 Å². The molecule has 0 aliphatic heterocycles. The van der Waals surface area contributed by atoms with Crippen molar-refractivity contribution in [1.29, 1.82) is 0 Å². The van der Waals surface area contributed by atoms with Crippen molar-refractivity contribution in [2.75, 3.05) is 5.73 Å². The Morgan fingerprint density at radius 1 is 1.58 bits per heavy atom. The minimum atomic E-state index is -0.301. The first kappa shape index (κ1) is 13.4. The normalized spacial score (nSPS) is 12.1. The highest BCUT2D eigenvalue weighted by molar-refractivity contribution is 6.29. The minimum absolute atomic E-state index is 0.200. The zero-order valence-corrected chi connectivity index (χ0v) is 11.1. The highest BCUT2D eigenvalue weighted by Crippen LogP contribution is 2.17. The lowest BCUT2D eigenvalue weighted by Gasteiger charge is -2.15. The van der Waals surface area contributed by atoms with E-state index >= 15 is 0 Å². The number of hydrogen-bond acceptors (Lipinski definition) is 4. The maximum Gasteiger partial charge on any atom is 0.254 e. The number of anilines is 1. The molecule has 0 aliphatic rings. The summed E-state index contributed by atoms with van der Waals surface area (Å²) in [5.74, 6) is 0.402. The molecule has 0 saturated carbocycles. The zero-order chi connectivity index (χ0) is 13.8. The second kappa shape index (κ2) is 5.71. The van der Waals surface area contributed by atoms with Crippen LogP contribution in [0.2, 0.25) is 5.15 Å². The van der Waals surface area contributed by atoms with Crippen molar-refractivity contribution in [2.45, 2.75) is 19.4 Å². The topological polar surface area (TPSA) is 96.7 Å². The molecule has 2 aromatic rings. The van der Waals surface area contributed by atoms with Crippen LogP contribution in [0.1, 0.15) is 35.6 Å². The summed E-state index contributed by atoms with van der Waals surface area (Å²) in [6.45, 7) is 1.95. The highest BCUT2D eigenvalue weighted by Gasteiger charge is 2.18. The summed E-state index contributed by atoms with van der Waals surface area (Å²) in [6.07, 6.45) is 5.42. The summed E-state index contributed by atoms with van der Waals surface area (Å²) >= 11 is 5.77. The van der Waals surface area contributed by atoms with Gasteiger partial charge in [-0.15, -0.1) is 0 Å². The second-order valence-corrected chi connectivity index (χ2v) is 4.39. The molecule has 1 atom stereocenters. The second-order valence-electron chi connectivity index (χ2n) is 4.00. The molecule has 0 bridgehead atoms. The summed E-state index contributed by atoms with van der Waals surface area (Å²) < 4.78 is 0. The monoisotopic (exact) mass is 279 g/mol. The van der Waals surface area contributed by atoms with Gasteiger partial charge in [0.15, 0.2) is 0 Å². The highest BCUT2D eigenvalue weighted by atomic mass is 35.5. The van der Waals surface area contributed by atoms with Crippen LogP contribution in [0.15, 0.2) is 24.7 Å². The van der Waals surface area contributed by atoms with Crippen molar-refractivity contribution < 1.29 is 4.79 Å². The number of halogens is 1. The molecule has 0 spiro atoms. The fraction of sp³-hybridized carbons (Fsp3) is 0.250. The van der Waals surface area contributed by atoms with E-state index in [9.17, 15) is 4.79 Å². The molecule has 2 aromatic heterocycles. The lowest BCUT2D eigenvalue weighted by molar-refractivity contribution is 0.0934. The van der Waals surface area contributed by atoms with Crippen LogP contribution < -0.4 is 11.1 Å². The molecule has 7 heteroatoms. The molecule has 1 amide bonds. The lowest BCUT2D eigenvalue weighted by atomic mass is 10.1. The van der Waals surface area contributed by atoms with Gasteiger partial charge in [0, 0.05) is 12.4 Å². The third-order valence-electron chi connectivity index (χ3n) is 2.71. The molecule has 2 heterocycles. The molecular weight excluding hydrogens is 266 g/mol. The number of nitrogen functional groups attached to an aromatic ring is 1. The van der Waals surface area contributed by atoms with Crippen LogP contribution in [0, 0.1) is 0 Å². The number of carbonyl (C=O) groups is 1. The Labute approximate surface area is 115 Å². The number of imidazole rings is 1. The lowest BCUT2D eigenvalue weighted by Crippen LogP contribution is -2.29. The molecule has 0 fully saturated rings. The Kier molecular flexibility index (Phi) is 4.01. The number of rotatable bonds is 4. The average Bonchev–Trinajstić information content (AvgIpc) is 2.92. The number of nitrogens with one attached hydrogen (secondary N) is 2. The number of aromatic amines is 1. The number of aromatic nitrogens is 3. The van der Waals surface area contributed by atoms with Gasteiger partial charge in [0.2, 0.25) is 0 Å². The van der Waals surface area contributed by atoms with E-state index in [1.165, 1.54) is 12.3 Å². The number of nitrogens with zero attached hydrogens (tertiary/aromatic N) is 2. The fourth-order valence-corrected chi connectivity index (χ4v) is 1.86. The molecule has 0 aliphatic carbocycles. The maximum absolute atomic E-state index is 12.2. The predicted octanol–water partition coefficient (Wildman–Crippen LogP) is 1.92. The SMILES string of the molecule is CCC(NC(=O)c1cc(Cl)ncc1N)c1ncc[nH]1. The average molecular weight is 280 g/mol. The Morgan fingerprint density at radius 2 is 2.37 bits per heavy atom. The molecule has 19 heavy (non-hydrogen) atoms. The molecule has 2 rings (SSSR count). The van der Waals surface area contributed by atoms with Gasteiger partial charge in [-0.2, -0.15) is 0 Å². The van der Waals surface area contributed by atoms with Crippen LogP contribution in [-0.2, 0) is 0 Å². The van der Waals surface area contributed by atoms with Crippen LogP contribution in [0.3, 0.4) is 0 Å². The van der Waals surface area contributed by atoms with E-state index in [1.807, 2.05) is 6.92 Å². The van der Waals surface area contributed by atoms with E-state index < -0.39 is 0 Å². The van der Waals surface area contributed by atoms with E-state index in [1.54, 1.807) is 12.4 Å². The van der Waals surface area contributed by atoms with Crippen LogP contribution in [-0.4, -0.2) is 20.9 Å². The first-order valence-corrected chi connectivity index (χ1v) is 6.20. The quantitative estimate of drug-likeness (QED) is 0.745. The van der Waals surface area contributed by atoms with Gasteiger partial charge in [0.05, 0.1) is 23.5 Å². The van der Waals surface area contributed by atoms with E-state index in [2.05, 4.69) is 20.3 Å². The Bertz CT molecular complexity index is 570. The Balaban J connectivity index is 2.18. The number of nitrogens with two attached hydrogens (primary N) is 1. The van der Waals surface area contributed by atoms with Gasteiger partial charge in [-0.25, -0.2) is 9.97 Å². The summed E-state index contributed by atoms with van der Waals surface area (Å²) in [7, 11) is 0. The Hall–Kier alpha value is -2.08. The van der Waals surface area contributed by atoms with E-state index in [-0.39, 0.29) is 22.8 Å². The molecule has 100 valence electrons. The van der Waals surface area contributed by atoms with E-state index in [4.69, 9.17) is 17.3 Å². The van der Waals surface area contributed by atoms with E-state index in [0.717, 1.165) is 0 Å². The molecule has 0 saturated heterocycles. The van der Waals surface area contributed by atoms with Crippen LogP contribution in [0.25, 0.3) is 0 Å². The van der Waals surface area contributed by atoms with Crippen molar-refractivity contribution >= 4 is 23.2 Å². The van der Waals surface area contributed by atoms with Crippen molar-refractivity contribution in [3.63, 3.8) is 0 Å². The van der Waals surface area contributed by atoms with Crippen molar-refractivity contribution in [2.24, 2.45) is 0 Å². The molecule has 0 aromatic carbocycles. The first-order chi connectivity index (χ1) is 9.11. The standard InChI is InChI=1S/C12H14ClN5O/c1-2-9(11-15-3-4-16-11)18-12(19)7-5-10(13)17-6-8(7)14/h3-6,9H,2,14H2,1H3,(H,15,16)(H,18,19). The summed E-state index contributed by atoms with van der Waals surface area (Å²) in [4.78, 5) is 23.1. The molecule has 6 nitrogen and oxygen atoms in total. The van der Waals surface area contributed by atoms with Crippen LogP contribution in [0.5, 0.6) is 0 Å². The van der Waals surface area contributed by atoms with Gasteiger partial charge in [0.25, 0.3) is 5.91 Å². The molecular formula is C12H14ClN5O. The first-order valence-electron chi connectivity index (χ1n) is 5.83. The third-order valence-corrected chi connectivity index (χ3v) is 2.92. The largest absolute Gasteiger partial charge is 0.397 e. The van der Waals surface area contributed by atoms with Crippen molar-refractivity contribution in [1.82, 2.24) is 20.3 Å². The van der Waals surface area contributed by atoms with Gasteiger partial charge < -0.3 is 16.0 Å². The maximum atomic E-state index is 12.2. The number of H-pyrrole nitrogens is 1. The van der Waals surface area contributed by atoms with Gasteiger partial charge in [0.1, 0.15) is 11.0 Å². The summed E-state index contributed by atoms with van der Waals surface area (Å²) in [5, 5.41) is 3.08. The number of hydrogen-bond donors (Lipinski definition) is 3. The van der Waals surface area contributed by atoms with Gasteiger partial charge >= 0.3 is 0 Å². The van der Waals surface area contributed by atoms with E-state index in [0.29, 0.717) is 17.8 Å². The predicted molar refractivity (Wildman–Crippen MR) is 72.7 cm³/mol. The van der Waals surface area contributed by atoms with Crippen molar-refractivity contribution in [3.8, 4) is 0 Å². The fourth-order valence-electron chi connectivity index (χ4n) is 1.70. The number of amides is 1. The zero-order valence-electron chi connectivity index (χ0n) is 10.4. The van der Waals surface area contributed by atoms with Gasteiger partial charge in [-0.3, -0.25) is 4.79 Å². The summed E-state index contributed by atoms with van der Waals surface area (Å²) in [6, 6.07) is 1.25. The molecule has 4 N–H and O–H groups in total.